The highest BCUT2D eigenvalue weighted by molar-refractivity contribution is 5.96. The average Bonchev–Trinajstić information content (AvgIpc) is 2.81. The molecule has 4 rings (SSSR count). The van der Waals surface area contributed by atoms with Crippen molar-refractivity contribution in [3.8, 4) is 17.2 Å². The molecule has 7 nitrogen and oxygen atoms in total. The number of hydrogen-bond acceptors (Lipinski definition) is 5. The number of ether oxygens (including phenoxy) is 3. The summed E-state index contributed by atoms with van der Waals surface area (Å²) in [6.07, 6.45) is -0.860. The number of nitrogens with one attached hydrogen (secondary N) is 2. The van der Waals surface area contributed by atoms with E-state index in [9.17, 15) is 9.59 Å². The minimum absolute atomic E-state index is 0.0571. The van der Waals surface area contributed by atoms with E-state index in [-0.39, 0.29) is 6.61 Å². The Morgan fingerprint density at radius 2 is 1.67 bits per heavy atom. The molecular weight excluding hydrogens is 384 g/mol. The molecule has 1 aliphatic rings. The lowest BCUT2D eigenvalue weighted by Gasteiger charge is -2.25. The van der Waals surface area contributed by atoms with E-state index in [1.165, 1.54) is 0 Å². The van der Waals surface area contributed by atoms with Gasteiger partial charge in [0.2, 0.25) is 6.10 Å². The van der Waals surface area contributed by atoms with Crippen LogP contribution in [0.1, 0.15) is 15.9 Å². The summed E-state index contributed by atoms with van der Waals surface area (Å²) >= 11 is 0. The quantitative estimate of drug-likeness (QED) is 0.639. The van der Waals surface area contributed by atoms with Crippen molar-refractivity contribution in [2.24, 2.45) is 0 Å². The third kappa shape index (κ3) is 4.70. The lowest BCUT2D eigenvalue weighted by Crippen LogP contribution is -2.50. The smallest absolute Gasteiger partial charge is 0.283 e. The Hall–Kier alpha value is -4.00. The summed E-state index contributed by atoms with van der Waals surface area (Å²) in [4.78, 5) is 24.7. The molecule has 30 heavy (non-hydrogen) atoms. The van der Waals surface area contributed by atoms with Crippen molar-refractivity contribution in [2.45, 2.75) is 12.7 Å². The van der Waals surface area contributed by atoms with Crippen LogP contribution in [0.5, 0.6) is 17.2 Å². The van der Waals surface area contributed by atoms with Crippen LogP contribution in [0.2, 0.25) is 0 Å². The van der Waals surface area contributed by atoms with Gasteiger partial charge >= 0.3 is 0 Å². The van der Waals surface area contributed by atoms with Crippen LogP contribution in [0.3, 0.4) is 0 Å². The van der Waals surface area contributed by atoms with Gasteiger partial charge in [0.15, 0.2) is 11.5 Å². The zero-order chi connectivity index (χ0) is 20.8. The second-order valence-electron chi connectivity index (χ2n) is 6.61. The van der Waals surface area contributed by atoms with Gasteiger partial charge in [0, 0.05) is 5.56 Å². The fraction of sp³-hybridized carbons (Fsp3) is 0.130. The molecule has 0 saturated carbocycles. The predicted octanol–water partition coefficient (Wildman–Crippen LogP) is 2.87. The van der Waals surface area contributed by atoms with Crippen LogP contribution in [0.15, 0.2) is 78.9 Å². The molecule has 0 radical (unpaired) electrons. The predicted molar refractivity (Wildman–Crippen MR) is 109 cm³/mol. The van der Waals surface area contributed by atoms with E-state index in [0.29, 0.717) is 29.4 Å². The third-order valence-corrected chi connectivity index (χ3v) is 4.44. The van der Waals surface area contributed by atoms with Crippen molar-refractivity contribution in [2.75, 3.05) is 6.61 Å². The molecule has 2 amide bonds. The van der Waals surface area contributed by atoms with E-state index in [1.54, 1.807) is 42.5 Å². The van der Waals surface area contributed by atoms with E-state index in [0.717, 1.165) is 5.56 Å². The number of benzene rings is 3. The second-order valence-corrected chi connectivity index (χ2v) is 6.61. The Kier molecular flexibility index (Phi) is 5.80. The van der Waals surface area contributed by atoms with Gasteiger partial charge in [-0.1, -0.05) is 48.5 Å². The Labute approximate surface area is 173 Å². The summed E-state index contributed by atoms with van der Waals surface area (Å²) in [7, 11) is 0. The third-order valence-electron chi connectivity index (χ3n) is 4.44. The molecule has 152 valence electrons. The van der Waals surface area contributed by atoms with Crippen LogP contribution in [-0.4, -0.2) is 24.5 Å². The molecule has 0 spiro atoms. The minimum atomic E-state index is -0.860. The van der Waals surface area contributed by atoms with Crippen molar-refractivity contribution in [1.82, 2.24) is 10.9 Å². The van der Waals surface area contributed by atoms with E-state index >= 15 is 0 Å². The van der Waals surface area contributed by atoms with Gasteiger partial charge in [-0.15, -0.1) is 0 Å². The maximum Gasteiger partial charge on any atom is 0.283 e. The zero-order valence-electron chi connectivity index (χ0n) is 16.0. The van der Waals surface area contributed by atoms with E-state index in [4.69, 9.17) is 14.2 Å². The Morgan fingerprint density at radius 3 is 2.50 bits per heavy atom. The zero-order valence-corrected chi connectivity index (χ0v) is 16.0. The Bertz CT molecular complexity index is 1040. The summed E-state index contributed by atoms with van der Waals surface area (Å²) in [5, 5.41) is 0. The minimum Gasteiger partial charge on any atom is -0.489 e. The molecule has 0 fully saturated rings. The molecule has 3 aromatic carbocycles. The Balaban J connectivity index is 1.30. The van der Waals surface area contributed by atoms with Crippen molar-refractivity contribution in [1.29, 1.82) is 0 Å². The first-order valence-corrected chi connectivity index (χ1v) is 9.44. The number of carbonyl (C=O) groups excluding carboxylic acids is 2. The van der Waals surface area contributed by atoms with Gasteiger partial charge in [-0.25, -0.2) is 0 Å². The van der Waals surface area contributed by atoms with Crippen molar-refractivity contribution in [3.63, 3.8) is 0 Å². The summed E-state index contributed by atoms with van der Waals surface area (Å²) in [6.45, 7) is 0.449. The van der Waals surface area contributed by atoms with Crippen LogP contribution < -0.4 is 25.1 Å². The average molecular weight is 404 g/mol. The number of amides is 2. The van der Waals surface area contributed by atoms with E-state index in [1.807, 2.05) is 36.4 Å². The van der Waals surface area contributed by atoms with Crippen LogP contribution in [-0.2, 0) is 11.4 Å². The summed E-state index contributed by atoms with van der Waals surface area (Å²) in [5.74, 6) is 0.648. The molecule has 7 heteroatoms. The van der Waals surface area contributed by atoms with Gasteiger partial charge in [-0.2, -0.15) is 0 Å². The highest BCUT2D eigenvalue weighted by atomic mass is 16.6. The number of hydrazine groups is 1. The summed E-state index contributed by atoms with van der Waals surface area (Å²) in [5.41, 5.74) is 6.14. The molecule has 1 heterocycles. The standard InChI is InChI=1S/C23H20N2O5/c26-22(17-9-6-10-18(13-17)28-14-16-7-2-1-3-8-16)24-25-23(27)21-15-29-19-11-4-5-12-20(19)30-21/h1-13,21H,14-15H2,(H,24,26)(H,25,27). The molecule has 0 aliphatic carbocycles. The monoisotopic (exact) mass is 404 g/mol. The lowest BCUT2D eigenvalue weighted by atomic mass is 10.2. The SMILES string of the molecule is O=C(NNC(=O)C1COc2ccccc2O1)c1cccc(OCc2ccccc2)c1. The van der Waals surface area contributed by atoms with Gasteiger partial charge in [0.25, 0.3) is 11.8 Å². The fourth-order valence-electron chi connectivity index (χ4n) is 2.89. The lowest BCUT2D eigenvalue weighted by molar-refractivity contribution is -0.131. The number of carbonyl (C=O) groups is 2. The highest BCUT2D eigenvalue weighted by Gasteiger charge is 2.27. The van der Waals surface area contributed by atoms with Crippen LogP contribution in [0, 0.1) is 0 Å². The molecule has 0 aromatic heterocycles. The molecule has 0 saturated heterocycles. The molecule has 0 bridgehead atoms. The molecule has 1 atom stereocenters. The maximum absolute atomic E-state index is 12.4. The first-order chi connectivity index (χ1) is 14.7. The molecule has 2 N–H and O–H groups in total. The summed E-state index contributed by atoms with van der Waals surface area (Å²) in [6, 6.07) is 23.5. The van der Waals surface area contributed by atoms with Gasteiger partial charge in [0.1, 0.15) is 19.0 Å². The Morgan fingerprint density at radius 1 is 0.900 bits per heavy atom. The normalized spacial score (nSPS) is 14.5. The largest absolute Gasteiger partial charge is 0.489 e. The molecule has 1 unspecified atom stereocenters. The topological polar surface area (TPSA) is 85.9 Å². The van der Waals surface area contributed by atoms with E-state index < -0.39 is 17.9 Å². The van der Waals surface area contributed by atoms with Crippen LogP contribution in [0.4, 0.5) is 0 Å². The first kappa shape index (κ1) is 19.3. The van der Waals surface area contributed by atoms with Gasteiger partial charge in [-0.3, -0.25) is 20.4 Å². The van der Waals surface area contributed by atoms with Gasteiger partial charge < -0.3 is 14.2 Å². The molecule has 3 aromatic rings. The van der Waals surface area contributed by atoms with Crippen molar-refractivity contribution < 1.29 is 23.8 Å². The van der Waals surface area contributed by atoms with Crippen LogP contribution in [0.25, 0.3) is 0 Å². The molecular formula is C23H20N2O5. The number of fused-ring (bicyclic) bond motifs is 1. The van der Waals surface area contributed by atoms with E-state index in [2.05, 4.69) is 10.9 Å². The summed E-state index contributed by atoms with van der Waals surface area (Å²) < 4.78 is 16.9. The van der Waals surface area contributed by atoms with Gasteiger partial charge in [-0.05, 0) is 35.9 Å². The number of para-hydroxylation sites is 2. The highest BCUT2D eigenvalue weighted by Crippen LogP contribution is 2.30. The van der Waals surface area contributed by atoms with Crippen molar-refractivity contribution in [3.05, 3.63) is 90.0 Å². The first-order valence-electron chi connectivity index (χ1n) is 9.44. The molecule has 1 aliphatic heterocycles. The second kappa shape index (κ2) is 9.00. The number of rotatable bonds is 5. The van der Waals surface area contributed by atoms with Gasteiger partial charge in [0.05, 0.1) is 0 Å². The number of hydrogen-bond donors (Lipinski definition) is 2. The fourth-order valence-corrected chi connectivity index (χ4v) is 2.89. The maximum atomic E-state index is 12.4. The van der Waals surface area contributed by atoms with Crippen LogP contribution >= 0.6 is 0 Å². The van der Waals surface area contributed by atoms with Crippen molar-refractivity contribution >= 4 is 11.8 Å².